The van der Waals surface area contributed by atoms with Crippen LogP contribution in [0.15, 0.2) is 18.2 Å². The molecule has 1 aliphatic rings. The van der Waals surface area contributed by atoms with E-state index in [4.69, 9.17) is 11.5 Å². The maximum atomic E-state index is 10.9. The molecular formula is C11H15N3O. The van der Waals surface area contributed by atoms with E-state index in [1.54, 1.807) is 6.07 Å². The standard InChI is InChI=1S/C11H15N3O/c12-9-1-2-11(8(5-9)7-15)14-4-3-10(13)6-14/h1-2,5,7,10H,3-4,6,12-13H2. The van der Waals surface area contributed by atoms with Gasteiger partial charge in [0.15, 0.2) is 6.29 Å². The average Bonchev–Trinajstić information content (AvgIpc) is 2.64. The summed E-state index contributed by atoms with van der Waals surface area (Å²) < 4.78 is 0. The fourth-order valence-corrected chi connectivity index (χ4v) is 1.96. The minimum atomic E-state index is 0.210. The van der Waals surface area contributed by atoms with Crippen LogP contribution in [0, 0.1) is 0 Å². The van der Waals surface area contributed by atoms with Crippen molar-refractivity contribution in [2.75, 3.05) is 23.7 Å². The van der Waals surface area contributed by atoms with Crippen molar-refractivity contribution in [1.82, 2.24) is 0 Å². The van der Waals surface area contributed by atoms with E-state index in [2.05, 4.69) is 4.90 Å². The minimum absolute atomic E-state index is 0.210. The normalized spacial score (nSPS) is 20.6. The van der Waals surface area contributed by atoms with E-state index in [1.165, 1.54) is 0 Å². The quantitative estimate of drug-likeness (QED) is 0.548. The van der Waals surface area contributed by atoms with Crippen LogP contribution < -0.4 is 16.4 Å². The number of hydrogen-bond donors (Lipinski definition) is 2. The molecule has 1 unspecified atom stereocenters. The third-order valence-corrected chi connectivity index (χ3v) is 2.74. The summed E-state index contributed by atoms with van der Waals surface area (Å²) in [5.41, 5.74) is 13.7. The highest BCUT2D eigenvalue weighted by molar-refractivity contribution is 5.86. The van der Waals surface area contributed by atoms with Gasteiger partial charge in [0.1, 0.15) is 0 Å². The molecule has 1 aromatic rings. The molecule has 4 heteroatoms. The Balaban J connectivity index is 2.31. The summed E-state index contributed by atoms with van der Waals surface area (Å²) in [6, 6.07) is 5.61. The van der Waals surface area contributed by atoms with Gasteiger partial charge in [-0.25, -0.2) is 0 Å². The van der Waals surface area contributed by atoms with E-state index >= 15 is 0 Å². The summed E-state index contributed by atoms with van der Waals surface area (Å²) >= 11 is 0. The molecule has 0 aromatic heterocycles. The van der Waals surface area contributed by atoms with Crippen LogP contribution >= 0.6 is 0 Å². The second-order valence-corrected chi connectivity index (χ2v) is 3.93. The molecule has 1 heterocycles. The Morgan fingerprint density at radius 2 is 2.27 bits per heavy atom. The topological polar surface area (TPSA) is 72.3 Å². The van der Waals surface area contributed by atoms with Gasteiger partial charge in [-0.3, -0.25) is 4.79 Å². The molecule has 1 aromatic carbocycles. The number of benzene rings is 1. The maximum absolute atomic E-state index is 10.9. The zero-order valence-electron chi connectivity index (χ0n) is 8.52. The zero-order chi connectivity index (χ0) is 10.8. The van der Waals surface area contributed by atoms with Crippen molar-refractivity contribution in [2.45, 2.75) is 12.5 Å². The Labute approximate surface area is 88.9 Å². The van der Waals surface area contributed by atoms with E-state index in [1.807, 2.05) is 12.1 Å². The SMILES string of the molecule is Nc1ccc(N2CCC(N)C2)c(C=O)c1. The van der Waals surface area contributed by atoms with Gasteiger partial charge < -0.3 is 16.4 Å². The van der Waals surface area contributed by atoms with Gasteiger partial charge in [0.2, 0.25) is 0 Å². The third-order valence-electron chi connectivity index (χ3n) is 2.74. The molecule has 0 amide bonds. The second-order valence-electron chi connectivity index (χ2n) is 3.93. The first-order chi connectivity index (χ1) is 7.20. The van der Waals surface area contributed by atoms with Gasteiger partial charge in [0, 0.05) is 36.1 Å². The van der Waals surface area contributed by atoms with Crippen LogP contribution in [0.4, 0.5) is 11.4 Å². The lowest BCUT2D eigenvalue weighted by molar-refractivity contribution is 0.112. The molecule has 4 nitrogen and oxygen atoms in total. The minimum Gasteiger partial charge on any atom is -0.399 e. The van der Waals surface area contributed by atoms with Crippen LogP contribution in [0.1, 0.15) is 16.8 Å². The smallest absolute Gasteiger partial charge is 0.152 e. The van der Waals surface area contributed by atoms with E-state index < -0.39 is 0 Å². The molecule has 80 valence electrons. The number of nitrogens with zero attached hydrogens (tertiary/aromatic N) is 1. The van der Waals surface area contributed by atoms with Crippen LogP contribution in [-0.4, -0.2) is 25.4 Å². The highest BCUT2D eigenvalue weighted by Crippen LogP contribution is 2.24. The fraction of sp³-hybridized carbons (Fsp3) is 0.364. The van der Waals surface area contributed by atoms with Gasteiger partial charge in [-0.1, -0.05) is 0 Å². The van der Waals surface area contributed by atoms with Crippen LogP contribution in [0.3, 0.4) is 0 Å². The first kappa shape index (κ1) is 9.98. The Hall–Kier alpha value is -1.55. The molecule has 2 rings (SSSR count). The largest absolute Gasteiger partial charge is 0.399 e. The number of nitrogen functional groups attached to an aromatic ring is 1. The van der Waals surface area contributed by atoms with Gasteiger partial charge in [0.05, 0.1) is 0 Å². The summed E-state index contributed by atoms with van der Waals surface area (Å²) in [5, 5.41) is 0. The summed E-state index contributed by atoms with van der Waals surface area (Å²) in [4.78, 5) is 13.0. The number of nitrogens with two attached hydrogens (primary N) is 2. The molecule has 0 aliphatic carbocycles. The molecule has 4 N–H and O–H groups in total. The van der Waals surface area contributed by atoms with E-state index in [0.29, 0.717) is 11.3 Å². The Bertz CT molecular complexity index is 378. The van der Waals surface area contributed by atoms with Crippen LogP contribution in [0.2, 0.25) is 0 Å². The number of carbonyl (C=O) groups is 1. The lowest BCUT2D eigenvalue weighted by Gasteiger charge is -2.20. The van der Waals surface area contributed by atoms with Crippen LogP contribution in [-0.2, 0) is 0 Å². The Morgan fingerprint density at radius 1 is 1.47 bits per heavy atom. The van der Waals surface area contributed by atoms with E-state index in [9.17, 15) is 4.79 Å². The van der Waals surface area contributed by atoms with Crippen molar-refractivity contribution < 1.29 is 4.79 Å². The van der Waals surface area contributed by atoms with Gasteiger partial charge in [-0.15, -0.1) is 0 Å². The first-order valence-corrected chi connectivity index (χ1v) is 5.06. The summed E-state index contributed by atoms with van der Waals surface area (Å²) in [6.07, 6.45) is 1.82. The molecule has 0 bridgehead atoms. The van der Waals surface area contributed by atoms with Crippen molar-refractivity contribution in [2.24, 2.45) is 5.73 Å². The van der Waals surface area contributed by atoms with Gasteiger partial charge in [-0.05, 0) is 24.6 Å². The lowest BCUT2D eigenvalue weighted by atomic mass is 10.1. The molecule has 0 saturated carbocycles. The lowest BCUT2D eigenvalue weighted by Crippen LogP contribution is -2.26. The highest BCUT2D eigenvalue weighted by atomic mass is 16.1. The monoisotopic (exact) mass is 205 g/mol. The van der Waals surface area contributed by atoms with Crippen LogP contribution in [0.5, 0.6) is 0 Å². The molecule has 1 fully saturated rings. The molecule has 1 saturated heterocycles. The van der Waals surface area contributed by atoms with Crippen molar-refractivity contribution in [3.05, 3.63) is 23.8 Å². The fourth-order valence-electron chi connectivity index (χ4n) is 1.96. The molecule has 0 spiro atoms. The second kappa shape index (κ2) is 3.90. The molecule has 1 atom stereocenters. The highest BCUT2D eigenvalue weighted by Gasteiger charge is 2.21. The number of aldehydes is 1. The number of hydrogen-bond acceptors (Lipinski definition) is 4. The number of rotatable bonds is 2. The van der Waals surface area contributed by atoms with Crippen molar-refractivity contribution in [3.63, 3.8) is 0 Å². The molecular weight excluding hydrogens is 190 g/mol. The van der Waals surface area contributed by atoms with Crippen LogP contribution in [0.25, 0.3) is 0 Å². The Morgan fingerprint density at radius 3 is 2.87 bits per heavy atom. The summed E-state index contributed by atoms with van der Waals surface area (Å²) in [7, 11) is 0. The molecule has 0 radical (unpaired) electrons. The Kier molecular flexibility index (Phi) is 2.60. The van der Waals surface area contributed by atoms with Crippen molar-refractivity contribution in [1.29, 1.82) is 0 Å². The maximum Gasteiger partial charge on any atom is 0.152 e. The third kappa shape index (κ3) is 1.94. The molecule has 1 aliphatic heterocycles. The predicted molar refractivity (Wildman–Crippen MR) is 61.0 cm³/mol. The van der Waals surface area contributed by atoms with Gasteiger partial charge >= 0.3 is 0 Å². The van der Waals surface area contributed by atoms with Gasteiger partial charge in [0.25, 0.3) is 0 Å². The van der Waals surface area contributed by atoms with Crippen molar-refractivity contribution >= 4 is 17.7 Å². The summed E-state index contributed by atoms with van der Waals surface area (Å²) in [6.45, 7) is 1.72. The average molecular weight is 205 g/mol. The van der Waals surface area contributed by atoms with Gasteiger partial charge in [-0.2, -0.15) is 0 Å². The molecule has 15 heavy (non-hydrogen) atoms. The first-order valence-electron chi connectivity index (χ1n) is 5.06. The van der Waals surface area contributed by atoms with E-state index in [-0.39, 0.29) is 6.04 Å². The zero-order valence-corrected chi connectivity index (χ0v) is 8.52. The summed E-state index contributed by atoms with van der Waals surface area (Å²) in [5.74, 6) is 0. The number of anilines is 2. The van der Waals surface area contributed by atoms with Crippen molar-refractivity contribution in [3.8, 4) is 0 Å². The predicted octanol–water partition coefficient (Wildman–Crippen LogP) is 0.619. The number of carbonyl (C=O) groups excluding carboxylic acids is 1. The van der Waals surface area contributed by atoms with E-state index in [0.717, 1.165) is 31.5 Å².